The SMILES string of the molecule is C#CC(C)=C(C)C(C)N=[N+]=[N-]. The summed E-state index contributed by atoms with van der Waals surface area (Å²) in [6, 6.07) is -0.143. The topological polar surface area (TPSA) is 48.8 Å². The lowest BCUT2D eigenvalue weighted by Gasteiger charge is -2.05. The van der Waals surface area contributed by atoms with Crippen LogP contribution >= 0.6 is 0 Å². The van der Waals surface area contributed by atoms with Crippen LogP contribution in [-0.4, -0.2) is 6.04 Å². The van der Waals surface area contributed by atoms with Crippen molar-refractivity contribution in [1.29, 1.82) is 0 Å². The summed E-state index contributed by atoms with van der Waals surface area (Å²) < 4.78 is 0. The third kappa shape index (κ3) is 2.79. The minimum absolute atomic E-state index is 0.143. The van der Waals surface area contributed by atoms with Gasteiger partial charge in [0.25, 0.3) is 0 Å². The Morgan fingerprint density at radius 3 is 2.55 bits per heavy atom. The van der Waals surface area contributed by atoms with Gasteiger partial charge < -0.3 is 0 Å². The lowest BCUT2D eigenvalue weighted by molar-refractivity contribution is 0.841. The molecule has 0 rings (SSSR count). The van der Waals surface area contributed by atoms with E-state index in [0.29, 0.717) is 0 Å². The molecule has 0 radical (unpaired) electrons. The third-order valence-corrected chi connectivity index (χ3v) is 1.66. The summed E-state index contributed by atoms with van der Waals surface area (Å²) in [4.78, 5) is 2.70. The Balaban J connectivity index is 4.62. The monoisotopic (exact) mass is 149 g/mol. The Hall–Kier alpha value is -1.39. The van der Waals surface area contributed by atoms with E-state index < -0.39 is 0 Å². The van der Waals surface area contributed by atoms with Gasteiger partial charge in [-0.25, -0.2) is 0 Å². The molecule has 0 aliphatic heterocycles. The van der Waals surface area contributed by atoms with Crippen LogP contribution in [0.3, 0.4) is 0 Å². The minimum Gasteiger partial charge on any atom is -0.115 e. The smallest absolute Gasteiger partial charge is 0.0565 e. The summed E-state index contributed by atoms with van der Waals surface area (Å²) in [7, 11) is 0. The molecule has 0 bridgehead atoms. The number of nitrogens with zero attached hydrogens (tertiary/aromatic N) is 3. The lowest BCUT2D eigenvalue weighted by atomic mass is 10.1. The Labute approximate surface area is 66.7 Å². The summed E-state index contributed by atoms with van der Waals surface area (Å²) in [6.07, 6.45) is 5.16. The molecule has 0 aromatic carbocycles. The van der Waals surface area contributed by atoms with E-state index in [1.54, 1.807) is 0 Å². The fraction of sp³-hybridized carbons (Fsp3) is 0.500. The van der Waals surface area contributed by atoms with Crippen LogP contribution in [0, 0.1) is 12.3 Å². The second kappa shape index (κ2) is 4.43. The maximum atomic E-state index is 8.12. The molecule has 0 amide bonds. The summed E-state index contributed by atoms with van der Waals surface area (Å²) in [5.74, 6) is 2.50. The molecule has 58 valence electrons. The van der Waals surface area contributed by atoms with Gasteiger partial charge in [-0.2, -0.15) is 0 Å². The second-order valence-corrected chi connectivity index (χ2v) is 2.33. The standard InChI is InChI=1S/C8H11N3/c1-5-6(2)7(3)8(4)10-11-9/h1,8H,2-4H3. The Morgan fingerprint density at radius 1 is 1.64 bits per heavy atom. The lowest BCUT2D eigenvalue weighted by Crippen LogP contribution is -1.99. The predicted octanol–water partition coefficient (Wildman–Crippen LogP) is 2.65. The minimum atomic E-state index is -0.143. The van der Waals surface area contributed by atoms with Crippen LogP contribution in [0.4, 0.5) is 0 Å². The number of rotatable bonds is 2. The molecule has 1 atom stereocenters. The van der Waals surface area contributed by atoms with Gasteiger partial charge in [-0.05, 0) is 25.0 Å². The van der Waals surface area contributed by atoms with Crippen molar-refractivity contribution in [3.63, 3.8) is 0 Å². The molecule has 0 N–H and O–H groups in total. The molecule has 3 heteroatoms. The molecule has 0 saturated heterocycles. The molecule has 0 heterocycles. The second-order valence-electron chi connectivity index (χ2n) is 2.33. The number of allylic oxidation sites excluding steroid dienone is 1. The van der Waals surface area contributed by atoms with E-state index in [1.165, 1.54) is 0 Å². The number of azide groups is 1. The molecular weight excluding hydrogens is 138 g/mol. The van der Waals surface area contributed by atoms with Crippen LogP contribution in [0.2, 0.25) is 0 Å². The van der Waals surface area contributed by atoms with Gasteiger partial charge in [0.05, 0.1) is 6.04 Å². The molecule has 0 aliphatic carbocycles. The molecule has 1 unspecified atom stereocenters. The predicted molar refractivity (Wildman–Crippen MR) is 45.8 cm³/mol. The molecular formula is C8H11N3. The molecule has 0 aromatic heterocycles. The van der Waals surface area contributed by atoms with Gasteiger partial charge in [-0.15, -0.1) is 6.42 Å². The van der Waals surface area contributed by atoms with E-state index in [0.717, 1.165) is 11.1 Å². The average Bonchev–Trinajstić information content (AvgIpc) is 2.02. The molecule has 11 heavy (non-hydrogen) atoms. The summed E-state index contributed by atoms with van der Waals surface area (Å²) >= 11 is 0. The van der Waals surface area contributed by atoms with Gasteiger partial charge in [0, 0.05) is 4.91 Å². The highest BCUT2D eigenvalue weighted by molar-refractivity contribution is 5.30. The highest BCUT2D eigenvalue weighted by Gasteiger charge is 2.02. The zero-order valence-electron chi connectivity index (χ0n) is 7.00. The van der Waals surface area contributed by atoms with Crippen molar-refractivity contribution >= 4 is 0 Å². The van der Waals surface area contributed by atoms with Crippen LogP contribution in [0.5, 0.6) is 0 Å². The molecule has 0 aliphatic rings. The van der Waals surface area contributed by atoms with Crippen molar-refractivity contribution in [1.82, 2.24) is 0 Å². The van der Waals surface area contributed by atoms with Gasteiger partial charge in [0.2, 0.25) is 0 Å². The van der Waals surface area contributed by atoms with Crippen LogP contribution in [0.25, 0.3) is 10.4 Å². The van der Waals surface area contributed by atoms with Gasteiger partial charge in [-0.1, -0.05) is 23.5 Å². The summed E-state index contributed by atoms with van der Waals surface area (Å²) in [5.41, 5.74) is 9.91. The van der Waals surface area contributed by atoms with E-state index in [9.17, 15) is 0 Å². The highest BCUT2D eigenvalue weighted by Crippen LogP contribution is 2.10. The molecule has 0 saturated carbocycles. The van der Waals surface area contributed by atoms with Gasteiger partial charge >= 0.3 is 0 Å². The van der Waals surface area contributed by atoms with E-state index in [-0.39, 0.29) is 6.04 Å². The van der Waals surface area contributed by atoms with Crippen LogP contribution in [0.1, 0.15) is 20.8 Å². The van der Waals surface area contributed by atoms with Gasteiger partial charge in [0.15, 0.2) is 0 Å². The maximum Gasteiger partial charge on any atom is 0.0565 e. The van der Waals surface area contributed by atoms with Crippen molar-refractivity contribution in [2.75, 3.05) is 0 Å². The van der Waals surface area contributed by atoms with Crippen LogP contribution in [0.15, 0.2) is 16.3 Å². The summed E-state index contributed by atoms with van der Waals surface area (Å²) in [5, 5.41) is 3.52. The zero-order valence-corrected chi connectivity index (χ0v) is 7.00. The van der Waals surface area contributed by atoms with Gasteiger partial charge in [-0.3, -0.25) is 0 Å². The van der Waals surface area contributed by atoms with Crippen LogP contribution in [-0.2, 0) is 0 Å². The van der Waals surface area contributed by atoms with E-state index in [1.807, 2.05) is 20.8 Å². The van der Waals surface area contributed by atoms with Crippen molar-refractivity contribution in [3.8, 4) is 12.3 Å². The Kier molecular flexibility index (Phi) is 3.87. The van der Waals surface area contributed by atoms with E-state index in [2.05, 4.69) is 15.9 Å². The van der Waals surface area contributed by atoms with Crippen molar-refractivity contribution in [2.24, 2.45) is 5.11 Å². The Bertz CT molecular complexity index is 251. The first-order valence-electron chi connectivity index (χ1n) is 3.31. The first-order valence-corrected chi connectivity index (χ1v) is 3.31. The molecule has 0 spiro atoms. The molecule has 0 aromatic rings. The van der Waals surface area contributed by atoms with Crippen molar-refractivity contribution < 1.29 is 0 Å². The van der Waals surface area contributed by atoms with Gasteiger partial charge in [0.1, 0.15) is 0 Å². The number of hydrogen-bond donors (Lipinski definition) is 0. The highest BCUT2D eigenvalue weighted by atomic mass is 15.1. The van der Waals surface area contributed by atoms with E-state index in [4.69, 9.17) is 12.0 Å². The maximum absolute atomic E-state index is 8.12. The zero-order chi connectivity index (χ0) is 8.85. The summed E-state index contributed by atoms with van der Waals surface area (Å²) in [6.45, 7) is 5.52. The third-order valence-electron chi connectivity index (χ3n) is 1.66. The van der Waals surface area contributed by atoms with Crippen LogP contribution < -0.4 is 0 Å². The molecule has 3 nitrogen and oxygen atoms in total. The number of hydrogen-bond acceptors (Lipinski definition) is 1. The first-order chi connectivity index (χ1) is 5.13. The largest absolute Gasteiger partial charge is 0.115 e. The average molecular weight is 149 g/mol. The Morgan fingerprint density at radius 2 is 2.18 bits per heavy atom. The fourth-order valence-electron chi connectivity index (χ4n) is 0.591. The quantitative estimate of drug-likeness (QED) is 0.251. The number of terminal acetylenes is 1. The first kappa shape index (κ1) is 9.61. The van der Waals surface area contributed by atoms with Crippen molar-refractivity contribution in [3.05, 3.63) is 21.6 Å². The van der Waals surface area contributed by atoms with Crippen molar-refractivity contribution in [2.45, 2.75) is 26.8 Å². The normalized spacial score (nSPS) is 14.0. The molecule has 0 fully saturated rings. The van der Waals surface area contributed by atoms with E-state index >= 15 is 0 Å². The fourth-order valence-corrected chi connectivity index (χ4v) is 0.591.